The number of hydrogen-bond acceptors (Lipinski definition) is 11. The van der Waals surface area contributed by atoms with Gasteiger partial charge in [-0.2, -0.15) is 8.42 Å². The SMILES string of the molecule is CC/C=C/C/C=C/C/C=C/C/C=C/C/C=C/CCCCCC(=O)O[C@H](COC(=O)CCCCCCC/C=C/CCCCCCC)CO[C@H]1O[C@H](CS(=O)(=O)O)[C@@H](O)C(O)C1O. The van der Waals surface area contributed by atoms with E-state index < -0.39 is 71.2 Å². The first-order valence-corrected chi connectivity index (χ1v) is 24.6. The van der Waals surface area contributed by atoms with Crippen LogP contribution < -0.4 is 0 Å². The van der Waals surface area contributed by atoms with Gasteiger partial charge in [0.2, 0.25) is 0 Å². The first-order chi connectivity index (χ1) is 29.5. The lowest BCUT2D eigenvalue weighted by atomic mass is 10.00. The third-order valence-electron chi connectivity index (χ3n) is 10.0. The van der Waals surface area contributed by atoms with Crippen molar-refractivity contribution in [3.8, 4) is 0 Å². The van der Waals surface area contributed by atoms with Crippen LogP contribution in [-0.2, 0) is 38.7 Å². The second-order valence-electron chi connectivity index (χ2n) is 15.7. The van der Waals surface area contributed by atoms with Crippen LogP contribution in [0.5, 0.6) is 0 Å². The van der Waals surface area contributed by atoms with Gasteiger partial charge in [0.05, 0.1) is 6.61 Å². The van der Waals surface area contributed by atoms with E-state index in [1.165, 1.54) is 32.1 Å². The summed E-state index contributed by atoms with van der Waals surface area (Å²) in [7, 11) is -4.61. The lowest BCUT2D eigenvalue weighted by molar-refractivity contribution is -0.297. The number of unbranched alkanes of at least 4 members (excludes halogenated alkanes) is 13. The number of aliphatic hydroxyl groups excluding tert-OH is 3. The first kappa shape index (κ1) is 56.1. The van der Waals surface area contributed by atoms with Crippen molar-refractivity contribution < 1.29 is 56.8 Å². The van der Waals surface area contributed by atoms with Crippen LogP contribution in [0.15, 0.2) is 72.9 Å². The fraction of sp³-hybridized carbons (Fsp3) is 0.708. The number of aliphatic hydroxyl groups is 3. The van der Waals surface area contributed by atoms with Crippen LogP contribution in [0.1, 0.15) is 162 Å². The molecule has 0 aromatic rings. The summed E-state index contributed by atoms with van der Waals surface area (Å²) in [5.74, 6) is -2.05. The predicted octanol–water partition coefficient (Wildman–Crippen LogP) is 9.50. The van der Waals surface area contributed by atoms with Crippen LogP contribution in [0, 0.1) is 0 Å². The van der Waals surface area contributed by atoms with E-state index >= 15 is 0 Å². The van der Waals surface area contributed by atoms with Crippen LogP contribution in [0.25, 0.3) is 0 Å². The van der Waals surface area contributed by atoms with Crippen LogP contribution in [-0.4, -0.2) is 96.0 Å². The van der Waals surface area contributed by atoms with E-state index in [4.69, 9.17) is 18.9 Å². The molecule has 0 bridgehead atoms. The van der Waals surface area contributed by atoms with Gasteiger partial charge in [-0.3, -0.25) is 14.1 Å². The fourth-order valence-electron chi connectivity index (χ4n) is 6.46. The van der Waals surface area contributed by atoms with E-state index in [1.807, 2.05) is 0 Å². The Hall–Kier alpha value is -2.91. The molecule has 1 aliphatic heterocycles. The standard InChI is InChI=1S/C48H80O12S/c1-3-5-7-9-11-13-15-17-19-20-21-22-23-25-27-29-31-33-35-37-44(50)59-41(39-58-48-47(53)46(52)45(51)42(60-48)40-61(54,55)56)38-57-43(49)36-34-32-30-28-26-24-18-16-14-12-10-8-6-4-2/h5,7,11,13,16-19,21-22,25,27,41-42,45-48,51-53H,3-4,6,8-10,12,14-15,20,23-24,26,28-40H2,1-2H3,(H,54,55,56)/b7-5+,13-11+,18-16+,19-17+,22-21+,27-25+/t41-,42-,45-,46?,47?,48+/m1/s1. The van der Waals surface area contributed by atoms with Crippen molar-refractivity contribution in [2.24, 2.45) is 0 Å². The van der Waals surface area contributed by atoms with E-state index in [-0.39, 0.29) is 19.4 Å². The van der Waals surface area contributed by atoms with Gasteiger partial charge in [0.1, 0.15) is 36.8 Å². The molecule has 0 aromatic heterocycles. The van der Waals surface area contributed by atoms with E-state index in [0.29, 0.717) is 12.8 Å². The van der Waals surface area contributed by atoms with Gasteiger partial charge in [0.25, 0.3) is 10.1 Å². The molecule has 0 radical (unpaired) electrons. The predicted molar refractivity (Wildman–Crippen MR) is 242 cm³/mol. The molecular formula is C48H80O12S. The second kappa shape index (κ2) is 37.6. The van der Waals surface area contributed by atoms with Crippen molar-refractivity contribution in [2.75, 3.05) is 19.0 Å². The summed E-state index contributed by atoms with van der Waals surface area (Å²) in [6.07, 6.45) is 38.0. The molecule has 1 fully saturated rings. The van der Waals surface area contributed by atoms with E-state index in [2.05, 4.69) is 86.8 Å². The molecule has 0 spiro atoms. The van der Waals surface area contributed by atoms with Crippen molar-refractivity contribution in [2.45, 2.75) is 198 Å². The molecular weight excluding hydrogens is 801 g/mol. The zero-order chi connectivity index (χ0) is 44.8. The molecule has 13 heteroatoms. The number of carbonyl (C=O) groups excluding carboxylic acids is 2. The Kier molecular flexibility index (Phi) is 34.6. The quantitative estimate of drug-likeness (QED) is 0.0201. The highest BCUT2D eigenvalue weighted by Crippen LogP contribution is 2.24. The minimum Gasteiger partial charge on any atom is -0.462 e. The molecule has 1 saturated heterocycles. The second-order valence-corrected chi connectivity index (χ2v) is 17.2. The molecule has 61 heavy (non-hydrogen) atoms. The van der Waals surface area contributed by atoms with E-state index in [0.717, 1.165) is 89.9 Å². The molecule has 0 saturated carbocycles. The summed E-state index contributed by atoms with van der Waals surface area (Å²) >= 11 is 0. The summed E-state index contributed by atoms with van der Waals surface area (Å²) in [6, 6.07) is 0. The van der Waals surface area contributed by atoms with Gasteiger partial charge in [0.15, 0.2) is 12.4 Å². The molecule has 1 rings (SSSR count). The van der Waals surface area contributed by atoms with Gasteiger partial charge in [-0.05, 0) is 83.5 Å². The van der Waals surface area contributed by atoms with Crippen molar-refractivity contribution >= 4 is 22.1 Å². The maximum absolute atomic E-state index is 12.8. The number of esters is 2. The van der Waals surface area contributed by atoms with Gasteiger partial charge in [-0.15, -0.1) is 0 Å². The molecule has 0 aromatic carbocycles. The highest BCUT2D eigenvalue weighted by molar-refractivity contribution is 7.85. The third kappa shape index (κ3) is 32.4. The average Bonchev–Trinajstić information content (AvgIpc) is 3.22. The Labute approximate surface area is 368 Å². The Morgan fingerprint density at radius 2 is 1.03 bits per heavy atom. The molecule has 12 nitrogen and oxygen atoms in total. The molecule has 2 unspecified atom stereocenters. The molecule has 6 atom stereocenters. The molecule has 1 aliphatic rings. The number of rotatable bonds is 37. The lowest BCUT2D eigenvalue weighted by Gasteiger charge is -2.40. The lowest BCUT2D eigenvalue weighted by Crippen LogP contribution is -2.60. The summed E-state index contributed by atoms with van der Waals surface area (Å²) in [4.78, 5) is 25.4. The monoisotopic (exact) mass is 881 g/mol. The van der Waals surface area contributed by atoms with Gasteiger partial charge < -0.3 is 34.3 Å². The van der Waals surface area contributed by atoms with E-state index in [9.17, 15) is 37.9 Å². The van der Waals surface area contributed by atoms with Crippen molar-refractivity contribution in [1.82, 2.24) is 0 Å². The van der Waals surface area contributed by atoms with Gasteiger partial charge in [0, 0.05) is 12.8 Å². The number of hydrogen-bond donors (Lipinski definition) is 4. The Balaban J connectivity index is 2.48. The first-order valence-electron chi connectivity index (χ1n) is 23.0. The summed E-state index contributed by atoms with van der Waals surface area (Å²) in [5, 5.41) is 30.9. The maximum atomic E-state index is 12.8. The molecule has 350 valence electrons. The van der Waals surface area contributed by atoms with Crippen molar-refractivity contribution in [3.05, 3.63) is 72.9 Å². The molecule has 0 amide bonds. The zero-order valence-corrected chi connectivity index (χ0v) is 38.1. The van der Waals surface area contributed by atoms with Crippen LogP contribution in [0.3, 0.4) is 0 Å². The number of carbonyl (C=O) groups is 2. The summed E-state index contributed by atoms with van der Waals surface area (Å²) < 4.78 is 54.0. The zero-order valence-electron chi connectivity index (χ0n) is 37.2. The maximum Gasteiger partial charge on any atom is 0.306 e. The van der Waals surface area contributed by atoms with Crippen LogP contribution in [0.2, 0.25) is 0 Å². The van der Waals surface area contributed by atoms with E-state index in [1.54, 1.807) is 0 Å². The Morgan fingerprint density at radius 3 is 1.57 bits per heavy atom. The van der Waals surface area contributed by atoms with Gasteiger partial charge >= 0.3 is 11.9 Å². The molecule has 4 N–H and O–H groups in total. The van der Waals surface area contributed by atoms with Gasteiger partial charge in [-0.25, -0.2) is 0 Å². The number of ether oxygens (including phenoxy) is 4. The topological polar surface area (TPSA) is 186 Å². The van der Waals surface area contributed by atoms with Gasteiger partial charge in [-0.1, -0.05) is 138 Å². The minimum absolute atomic E-state index is 0.120. The Bertz CT molecular complexity index is 1400. The Morgan fingerprint density at radius 1 is 0.574 bits per heavy atom. The normalized spacial score (nSPS) is 20.7. The van der Waals surface area contributed by atoms with Crippen molar-refractivity contribution in [1.29, 1.82) is 0 Å². The molecule has 0 aliphatic carbocycles. The van der Waals surface area contributed by atoms with Crippen LogP contribution >= 0.6 is 0 Å². The smallest absolute Gasteiger partial charge is 0.306 e. The van der Waals surface area contributed by atoms with Crippen molar-refractivity contribution in [3.63, 3.8) is 0 Å². The minimum atomic E-state index is -4.61. The highest BCUT2D eigenvalue weighted by Gasteiger charge is 2.46. The third-order valence-corrected chi connectivity index (χ3v) is 10.8. The highest BCUT2D eigenvalue weighted by atomic mass is 32.2. The summed E-state index contributed by atoms with van der Waals surface area (Å²) in [5.41, 5.74) is 0. The average molecular weight is 881 g/mol. The largest absolute Gasteiger partial charge is 0.462 e. The number of allylic oxidation sites excluding steroid dienone is 12. The summed E-state index contributed by atoms with van der Waals surface area (Å²) in [6.45, 7) is 3.59. The van der Waals surface area contributed by atoms with Crippen LogP contribution in [0.4, 0.5) is 0 Å². The molecule has 1 heterocycles. The fourth-order valence-corrected chi connectivity index (χ4v) is 7.15.